The van der Waals surface area contributed by atoms with Crippen LogP contribution in [0.5, 0.6) is 17.2 Å². The van der Waals surface area contributed by atoms with E-state index in [9.17, 15) is 9.90 Å². The summed E-state index contributed by atoms with van der Waals surface area (Å²) in [5.41, 5.74) is 4.99. The van der Waals surface area contributed by atoms with Gasteiger partial charge in [0, 0.05) is 11.1 Å². The zero-order valence-corrected chi connectivity index (χ0v) is 26.9. The number of thioether (sulfide) groups is 1. The Morgan fingerprint density at radius 1 is 1.07 bits per heavy atom. The Hall–Kier alpha value is -2.68. The fraction of sp³-hybridized carbons (Fsp3) is 0.281. The Morgan fingerprint density at radius 2 is 1.80 bits per heavy atom. The summed E-state index contributed by atoms with van der Waals surface area (Å²) in [7, 11) is 1.70. The van der Waals surface area contributed by atoms with Crippen LogP contribution < -0.4 is 9.47 Å². The van der Waals surface area contributed by atoms with Gasteiger partial charge < -0.3 is 19.3 Å². The van der Waals surface area contributed by atoms with E-state index in [0.29, 0.717) is 31.8 Å². The van der Waals surface area contributed by atoms with E-state index >= 15 is 0 Å². The first-order valence-electron chi connectivity index (χ1n) is 12.9. The predicted molar refractivity (Wildman–Crippen MR) is 169 cm³/mol. The number of rotatable bonds is 11. The molecule has 0 aliphatic carbocycles. The van der Waals surface area contributed by atoms with Crippen molar-refractivity contribution in [2.75, 3.05) is 12.9 Å². The van der Waals surface area contributed by atoms with E-state index < -0.39 is 5.97 Å². The lowest BCUT2D eigenvalue weighted by Gasteiger charge is -2.25. The summed E-state index contributed by atoms with van der Waals surface area (Å²) < 4.78 is 19.6. The maximum Gasteiger partial charge on any atom is 0.307 e. The number of carboxylic acid groups (broad SMARTS) is 1. The number of carboxylic acids is 1. The second-order valence-electron chi connectivity index (χ2n) is 9.85. The van der Waals surface area contributed by atoms with E-state index in [4.69, 9.17) is 14.2 Å². The minimum absolute atomic E-state index is 0.0794. The van der Waals surface area contributed by atoms with Crippen LogP contribution in [-0.2, 0) is 16.0 Å². The van der Waals surface area contributed by atoms with Crippen LogP contribution in [0.2, 0.25) is 0 Å². The number of halogens is 2. The second kappa shape index (κ2) is 13.8. The number of benzene rings is 3. The van der Waals surface area contributed by atoms with Crippen molar-refractivity contribution in [3.05, 3.63) is 109 Å². The molecule has 1 unspecified atom stereocenters. The topological polar surface area (TPSA) is 65.0 Å². The van der Waals surface area contributed by atoms with Gasteiger partial charge in [0.1, 0.15) is 17.3 Å². The zero-order chi connectivity index (χ0) is 28.8. The third-order valence-corrected chi connectivity index (χ3v) is 8.92. The Labute approximate surface area is 256 Å². The third-order valence-electron chi connectivity index (χ3n) is 6.43. The van der Waals surface area contributed by atoms with Gasteiger partial charge in [0.05, 0.1) is 39.7 Å². The maximum absolute atomic E-state index is 11.3. The van der Waals surface area contributed by atoms with Gasteiger partial charge in [-0.05, 0) is 98.7 Å². The summed E-state index contributed by atoms with van der Waals surface area (Å²) in [5.74, 6) is 3.01. The molecule has 40 heavy (non-hydrogen) atoms. The second-order valence-corrected chi connectivity index (χ2v) is 12.7. The average Bonchev–Trinajstić information content (AvgIpc) is 2.91. The molecule has 1 aliphatic rings. The van der Waals surface area contributed by atoms with Gasteiger partial charge in [0.15, 0.2) is 5.75 Å². The van der Waals surface area contributed by atoms with Crippen LogP contribution >= 0.6 is 43.6 Å². The zero-order valence-electron chi connectivity index (χ0n) is 22.9. The molecule has 0 radical (unpaired) electrons. The SMILES string of the molecule is COc1cc(C(SCC2=CCC=CO2)c2cccc(C)c2)c(Oc2c(Br)cc(CC(=O)O)cc2Br)cc1C(C)C. The Bertz CT molecular complexity index is 1420. The van der Waals surface area contributed by atoms with Crippen LogP contribution in [-0.4, -0.2) is 23.9 Å². The predicted octanol–water partition coefficient (Wildman–Crippen LogP) is 9.71. The highest BCUT2D eigenvalue weighted by atomic mass is 79.9. The van der Waals surface area contributed by atoms with Gasteiger partial charge >= 0.3 is 5.97 Å². The lowest BCUT2D eigenvalue weighted by molar-refractivity contribution is -0.136. The van der Waals surface area contributed by atoms with Crippen LogP contribution in [0.1, 0.15) is 59.3 Å². The van der Waals surface area contributed by atoms with Gasteiger partial charge in [-0.2, -0.15) is 0 Å². The van der Waals surface area contributed by atoms with Crippen LogP contribution in [0.15, 0.2) is 81.6 Å². The minimum Gasteiger partial charge on any atom is -0.496 e. The fourth-order valence-electron chi connectivity index (χ4n) is 4.51. The van der Waals surface area contributed by atoms with Crippen molar-refractivity contribution in [1.29, 1.82) is 0 Å². The van der Waals surface area contributed by atoms with Crippen molar-refractivity contribution in [2.24, 2.45) is 0 Å². The highest BCUT2D eigenvalue weighted by Crippen LogP contribution is 2.48. The Morgan fingerprint density at radius 3 is 2.40 bits per heavy atom. The number of methoxy groups -OCH3 is 1. The summed E-state index contributed by atoms with van der Waals surface area (Å²) in [4.78, 5) is 11.3. The van der Waals surface area contributed by atoms with E-state index in [1.54, 1.807) is 37.3 Å². The summed E-state index contributed by atoms with van der Waals surface area (Å²) in [6.07, 6.45) is 6.62. The number of aliphatic carboxylic acids is 1. The third kappa shape index (κ3) is 7.53. The molecule has 210 valence electrons. The van der Waals surface area contributed by atoms with Gasteiger partial charge in [0.25, 0.3) is 0 Å². The minimum atomic E-state index is -0.892. The van der Waals surface area contributed by atoms with Crippen LogP contribution in [0.25, 0.3) is 0 Å². The molecule has 0 saturated heterocycles. The van der Waals surface area contributed by atoms with Crippen molar-refractivity contribution < 1.29 is 24.1 Å². The van der Waals surface area contributed by atoms with Crippen molar-refractivity contribution in [2.45, 2.75) is 44.8 Å². The van der Waals surface area contributed by atoms with Crippen molar-refractivity contribution in [1.82, 2.24) is 0 Å². The van der Waals surface area contributed by atoms with Crippen LogP contribution in [0, 0.1) is 6.92 Å². The summed E-state index contributed by atoms with van der Waals surface area (Å²) in [6.45, 7) is 6.34. The molecule has 4 rings (SSSR count). The van der Waals surface area contributed by atoms with Crippen molar-refractivity contribution >= 4 is 49.6 Å². The van der Waals surface area contributed by atoms with Crippen molar-refractivity contribution in [3.63, 3.8) is 0 Å². The van der Waals surface area contributed by atoms with Crippen molar-refractivity contribution in [3.8, 4) is 17.2 Å². The molecule has 0 amide bonds. The molecule has 0 fully saturated rings. The number of ether oxygens (including phenoxy) is 3. The standard InChI is InChI=1S/C32H32Br2O5S/c1-19(2)24-16-29(39-31-26(33)13-21(14-27(31)34)15-30(35)36)25(17-28(24)37-4)32(22-9-7-8-20(3)12-22)40-18-23-10-5-6-11-38-23/h6-14,16-17,19,32H,5,15,18H2,1-4H3,(H,35,36). The maximum atomic E-state index is 11.3. The highest BCUT2D eigenvalue weighted by molar-refractivity contribution is 9.11. The molecule has 1 atom stereocenters. The molecule has 8 heteroatoms. The monoisotopic (exact) mass is 686 g/mol. The molecule has 1 aliphatic heterocycles. The first-order valence-corrected chi connectivity index (χ1v) is 15.6. The lowest BCUT2D eigenvalue weighted by Crippen LogP contribution is -2.06. The van der Waals surface area contributed by atoms with Gasteiger partial charge in [-0.25, -0.2) is 0 Å². The van der Waals surface area contributed by atoms with Crippen LogP contribution in [0.4, 0.5) is 0 Å². The lowest BCUT2D eigenvalue weighted by atomic mass is 9.95. The number of hydrogen-bond donors (Lipinski definition) is 1. The molecule has 0 aromatic heterocycles. The Balaban J connectivity index is 1.84. The molecule has 1 heterocycles. The average molecular weight is 688 g/mol. The molecule has 3 aromatic carbocycles. The first kappa shape index (κ1) is 30.3. The number of aryl methyl sites for hydroxylation is 1. The smallest absolute Gasteiger partial charge is 0.307 e. The summed E-state index contributed by atoms with van der Waals surface area (Å²) in [5, 5.41) is 9.18. The molecule has 0 bridgehead atoms. The largest absolute Gasteiger partial charge is 0.496 e. The highest BCUT2D eigenvalue weighted by Gasteiger charge is 2.25. The van der Waals surface area contributed by atoms with E-state index in [1.807, 2.05) is 6.08 Å². The van der Waals surface area contributed by atoms with Crippen LogP contribution in [0.3, 0.4) is 0 Å². The molecular formula is C32H32Br2O5S. The first-order chi connectivity index (χ1) is 19.2. The normalized spacial score (nSPS) is 13.5. The quantitative estimate of drug-likeness (QED) is 0.217. The summed E-state index contributed by atoms with van der Waals surface area (Å²) in [6, 6.07) is 16.2. The van der Waals surface area contributed by atoms with Gasteiger partial charge in [-0.3, -0.25) is 4.79 Å². The molecule has 0 saturated carbocycles. The molecule has 1 N–H and O–H groups in total. The molecular weight excluding hydrogens is 656 g/mol. The number of carbonyl (C=O) groups is 1. The number of hydrogen-bond acceptors (Lipinski definition) is 5. The van der Waals surface area contributed by atoms with E-state index in [1.165, 1.54) is 5.56 Å². The Kier molecular flexibility index (Phi) is 10.4. The van der Waals surface area contributed by atoms with E-state index in [0.717, 1.165) is 34.6 Å². The van der Waals surface area contributed by atoms with Gasteiger partial charge in [-0.1, -0.05) is 43.7 Å². The van der Waals surface area contributed by atoms with E-state index in [2.05, 4.69) is 95.1 Å². The molecule has 0 spiro atoms. The summed E-state index contributed by atoms with van der Waals surface area (Å²) >= 11 is 8.99. The van der Waals surface area contributed by atoms with Gasteiger partial charge in [-0.15, -0.1) is 11.8 Å². The fourth-order valence-corrected chi connectivity index (χ4v) is 7.17. The number of allylic oxidation sites excluding steroid dienone is 2. The van der Waals surface area contributed by atoms with Gasteiger partial charge in [0.2, 0.25) is 0 Å². The molecule has 3 aromatic rings. The van der Waals surface area contributed by atoms with E-state index in [-0.39, 0.29) is 17.6 Å². The molecule has 5 nitrogen and oxygen atoms in total.